The topological polar surface area (TPSA) is 18.5 Å². The van der Waals surface area contributed by atoms with Crippen LogP contribution in [0.2, 0.25) is 0 Å². The maximum absolute atomic E-state index is 5.90. The first-order chi connectivity index (χ1) is 6.74. The average Bonchev–Trinajstić information content (AvgIpc) is 2.15. The molecule has 1 aromatic rings. The molecular weight excluding hydrogens is 244 g/mol. The van der Waals surface area contributed by atoms with Gasteiger partial charge in [0.1, 0.15) is 5.75 Å². The third-order valence-corrected chi connectivity index (χ3v) is 3.05. The summed E-state index contributed by atoms with van der Waals surface area (Å²) in [5, 5.41) is 0. The van der Waals surface area contributed by atoms with E-state index >= 15 is 0 Å². The van der Waals surface area contributed by atoms with Gasteiger partial charge in [-0.3, -0.25) is 0 Å². The van der Waals surface area contributed by atoms with Crippen molar-refractivity contribution in [3.8, 4) is 5.75 Å². The maximum Gasteiger partial charge on any atom is 0.155 e. The van der Waals surface area contributed by atoms with Gasteiger partial charge in [-0.05, 0) is 30.7 Å². The summed E-state index contributed by atoms with van der Waals surface area (Å²) in [5.74, 6) is 0.915. The Kier molecular flexibility index (Phi) is 2.79. The third kappa shape index (κ3) is 1.93. The van der Waals surface area contributed by atoms with Gasteiger partial charge in [-0.1, -0.05) is 22.9 Å². The first-order valence-corrected chi connectivity index (χ1v) is 5.56. The Morgan fingerprint density at radius 2 is 2.00 bits per heavy atom. The van der Waals surface area contributed by atoms with Crippen LogP contribution < -0.4 is 4.74 Å². The Balaban J connectivity index is 2.06. The van der Waals surface area contributed by atoms with Crippen LogP contribution in [0.15, 0.2) is 28.7 Å². The molecule has 0 bridgehead atoms. The summed E-state index contributed by atoms with van der Waals surface area (Å²) in [7, 11) is 0. The van der Waals surface area contributed by atoms with Crippen molar-refractivity contribution in [1.82, 2.24) is 0 Å². The predicted molar refractivity (Wildman–Crippen MR) is 58.6 cm³/mol. The highest BCUT2D eigenvalue weighted by molar-refractivity contribution is 9.10. The molecule has 0 aromatic heterocycles. The Morgan fingerprint density at radius 1 is 1.36 bits per heavy atom. The Hall–Kier alpha value is -0.540. The molecule has 14 heavy (non-hydrogen) atoms. The molecule has 0 saturated carbocycles. The fraction of sp³-hybridized carbons (Fsp3) is 0.455. The minimum Gasteiger partial charge on any atom is -0.482 e. The van der Waals surface area contributed by atoms with Gasteiger partial charge in [-0.15, -0.1) is 0 Å². The van der Waals surface area contributed by atoms with Crippen molar-refractivity contribution in [2.24, 2.45) is 0 Å². The van der Waals surface area contributed by atoms with Gasteiger partial charge in [0.05, 0.1) is 13.2 Å². The van der Waals surface area contributed by atoms with Crippen LogP contribution in [0.25, 0.3) is 0 Å². The summed E-state index contributed by atoms with van der Waals surface area (Å²) in [6.45, 7) is 3.54. The molecule has 3 heteroatoms. The summed E-state index contributed by atoms with van der Waals surface area (Å²) in [4.78, 5) is 0. The number of ether oxygens (including phenoxy) is 2. The molecule has 1 aliphatic rings. The zero-order valence-electron chi connectivity index (χ0n) is 8.13. The minimum atomic E-state index is -0.0756. The average molecular weight is 257 g/mol. The van der Waals surface area contributed by atoms with Gasteiger partial charge in [0.2, 0.25) is 0 Å². The molecule has 1 aliphatic heterocycles. The van der Waals surface area contributed by atoms with Crippen molar-refractivity contribution in [3.63, 3.8) is 0 Å². The van der Waals surface area contributed by atoms with Crippen LogP contribution in [0, 0.1) is 0 Å². The molecular formula is C11H13BrO2. The van der Waals surface area contributed by atoms with Crippen LogP contribution in [0.3, 0.4) is 0 Å². The highest BCUT2D eigenvalue weighted by atomic mass is 79.9. The van der Waals surface area contributed by atoms with Crippen LogP contribution in [0.4, 0.5) is 0 Å². The van der Waals surface area contributed by atoms with E-state index in [9.17, 15) is 0 Å². The molecule has 0 atom stereocenters. The molecule has 0 N–H and O–H groups in total. The van der Waals surface area contributed by atoms with Gasteiger partial charge in [0, 0.05) is 4.47 Å². The van der Waals surface area contributed by atoms with E-state index in [1.54, 1.807) is 0 Å². The Bertz CT molecular complexity index is 298. The molecule has 1 saturated heterocycles. The van der Waals surface area contributed by atoms with Crippen molar-refractivity contribution >= 4 is 15.9 Å². The molecule has 0 aliphatic carbocycles. The SMILES string of the molecule is CCC1(Oc2ccc(Br)cc2)COC1. The number of rotatable bonds is 3. The van der Waals surface area contributed by atoms with E-state index in [0.29, 0.717) is 13.2 Å². The summed E-state index contributed by atoms with van der Waals surface area (Å²) in [5.41, 5.74) is -0.0756. The number of benzene rings is 1. The lowest BCUT2D eigenvalue weighted by molar-refractivity contribution is -0.162. The summed E-state index contributed by atoms with van der Waals surface area (Å²) >= 11 is 3.39. The monoisotopic (exact) mass is 256 g/mol. The largest absolute Gasteiger partial charge is 0.482 e. The van der Waals surface area contributed by atoms with Crippen LogP contribution in [0.1, 0.15) is 13.3 Å². The molecule has 2 rings (SSSR count). The van der Waals surface area contributed by atoms with Crippen molar-refractivity contribution in [3.05, 3.63) is 28.7 Å². The Labute approximate surface area is 92.3 Å². The van der Waals surface area contributed by atoms with Crippen LogP contribution >= 0.6 is 15.9 Å². The van der Waals surface area contributed by atoms with Gasteiger partial charge < -0.3 is 9.47 Å². The fourth-order valence-corrected chi connectivity index (χ4v) is 1.68. The van der Waals surface area contributed by atoms with Crippen molar-refractivity contribution < 1.29 is 9.47 Å². The first-order valence-electron chi connectivity index (χ1n) is 4.76. The van der Waals surface area contributed by atoms with E-state index in [0.717, 1.165) is 16.6 Å². The van der Waals surface area contributed by atoms with E-state index < -0.39 is 0 Å². The molecule has 1 aromatic carbocycles. The number of hydrogen-bond donors (Lipinski definition) is 0. The maximum atomic E-state index is 5.90. The van der Waals surface area contributed by atoms with Crippen LogP contribution in [-0.2, 0) is 4.74 Å². The molecule has 0 amide bonds. The zero-order valence-corrected chi connectivity index (χ0v) is 9.71. The highest BCUT2D eigenvalue weighted by Crippen LogP contribution is 2.28. The molecule has 0 unspecified atom stereocenters. The minimum absolute atomic E-state index is 0.0756. The molecule has 2 nitrogen and oxygen atoms in total. The van der Waals surface area contributed by atoms with Crippen LogP contribution in [-0.4, -0.2) is 18.8 Å². The normalized spacial score (nSPS) is 18.7. The second-order valence-corrected chi connectivity index (χ2v) is 4.50. The summed E-state index contributed by atoms with van der Waals surface area (Å²) in [6.07, 6.45) is 0.989. The van der Waals surface area contributed by atoms with Gasteiger partial charge in [-0.2, -0.15) is 0 Å². The standard InChI is InChI=1S/C11H13BrO2/c1-2-11(7-13-8-11)14-10-5-3-9(12)4-6-10/h3-6H,2,7-8H2,1H3. The lowest BCUT2D eigenvalue weighted by Gasteiger charge is -2.40. The van der Waals surface area contributed by atoms with Crippen molar-refractivity contribution in [1.29, 1.82) is 0 Å². The van der Waals surface area contributed by atoms with Crippen molar-refractivity contribution in [2.45, 2.75) is 18.9 Å². The van der Waals surface area contributed by atoms with E-state index in [1.807, 2.05) is 24.3 Å². The molecule has 1 heterocycles. The van der Waals surface area contributed by atoms with E-state index in [-0.39, 0.29) is 5.60 Å². The lowest BCUT2D eigenvalue weighted by atomic mass is 9.99. The quantitative estimate of drug-likeness (QED) is 0.828. The van der Waals surface area contributed by atoms with E-state index in [2.05, 4.69) is 22.9 Å². The van der Waals surface area contributed by atoms with Crippen LogP contribution in [0.5, 0.6) is 5.75 Å². The van der Waals surface area contributed by atoms with E-state index in [4.69, 9.17) is 9.47 Å². The smallest absolute Gasteiger partial charge is 0.155 e. The van der Waals surface area contributed by atoms with E-state index in [1.165, 1.54) is 0 Å². The lowest BCUT2D eigenvalue weighted by Crippen LogP contribution is -2.53. The van der Waals surface area contributed by atoms with Gasteiger partial charge in [-0.25, -0.2) is 0 Å². The van der Waals surface area contributed by atoms with Gasteiger partial charge >= 0.3 is 0 Å². The van der Waals surface area contributed by atoms with Gasteiger partial charge in [0.15, 0.2) is 5.60 Å². The second-order valence-electron chi connectivity index (χ2n) is 3.59. The number of hydrogen-bond acceptors (Lipinski definition) is 2. The fourth-order valence-electron chi connectivity index (χ4n) is 1.42. The molecule has 76 valence electrons. The molecule has 0 spiro atoms. The highest BCUT2D eigenvalue weighted by Gasteiger charge is 2.39. The predicted octanol–water partition coefficient (Wildman–Crippen LogP) is 3.01. The Morgan fingerprint density at radius 3 is 2.43 bits per heavy atom. The number of halogens is 1. The molecule has 1 fully saturated rings. The zero-order chi connectivity index (χ0) is 10.0. The van der Waals surface area contributed by atoms with Crippen molar-refractivity contribution in [2.75, 3.05) is 13.2 Å². The summed E-state index contributed by atoms with van der Waals surface area (Å²) < 4.78 is 12.2. The summed E-state index contributed by atoms with van der Waals surface area (Å²) in [6, 6.07) is 7.91. The first kappa shape index (κ1) is 9.99. The molecule has 0 radical (unpaired) electrons. The second kappa shape index (κ2) is 3.91. The third-order valence-electron chi connectivity index (χ3n) is 2.52. The van der Waals surface area contributed by atoms with Gasteiger partial charge in [0.25, 0.3) is 0 Å².